The lowest BCUT2D eigenvalue weighted by Gasteiger charge is -2.09. The number of hydrogen-bond donors (Lipinski definition) is 3. The summed E-state index contributed by atoms with van der Waals surface area (Å²) in [5.41, 5.74) is 4.08. The normalized spacial score (nSPS) is 11.0. The molecule has 1 aromatic heterocycles. The summed E-state index contributed by atoms with van der Waals surface area (Å²) in [6, 6.07) is 20.5. The second-order valence-corrected chi connectivity index (χ2v) is 8.03. The average molecular weight is 463 g/mol. The molecular formula is C28H17NO6. The smallest absolute Gasteiger partial charge is 0.336 e. The maximum absolute atomic E-state index is 11.7. The van der Waals surface area contributed by atoms with E-state index in [4.69, 9.17) is 0 Å². The van der Waals surface area contributed by atoms with Gasteiger partial charge in [-0.05, 0) is 58.7 Å². The largest absolute Gasteiger partial charge is 0.478 e. The van der Waals surface area contributed by atoms with Crippen LogP contribution in [0.5, 0.6) is 0 Å². The zero-order chi connectivity index (χ0) is 24.7. The third kappa shape index (κ3) is 3.55. The zero-order valence-electron chi connectivity index (χ0n) is 18.1. The number of aromatic amines is 1. The van der Waals surface area contributed by atoms with Crippen LogP contribution < -0.4 is 0 Å². The van der Waals surface area contributed by atoms with Gasteiger partial charge in [0.25, 0.3) is 0 Å². The van der Waals surface area contributed by atoms with E-state index in [0.29, 0.717) is 34.8 Å². The van der Waals surface area contributed by atoms with E-state index in [9.17, 15) is 29.4 Å². The minimum Gasteiger partial charge on any atom is -0.478 e. The molecule has 7 nitrogen and oxygen atoms in total. The first-order valence-corrected chi connectivity index (χ1v) is 10.6. The van der Waals surface area contributed by atoms with Gasteiger partial charge in [0.15, 0.2) is 12.6 Å². The third-order valence-electron chi connectivity index (χ3n) is 6.13. The van der Waals surface area contributed by atoms with Crippen molar-refractivity contribution in [1.29, 1.82) is 0 Å². The van der Waals surface area contributed by atoms with Gasteiger partial charge in [-0.25, -0.2) is 9.59 Å². The fraction of sp³-hybridized carbons (Fsp3) is 0. The molecule has 170 valence electrons. The van der Waals surface area contributed by atoms with E-state index in [0.717, 1.165) is 21.8 Å². The second-order valence-electron chi connectivity index (χ2n) is 8.03. The first-order valence-electron chi connectivity index (χ1n) is 10.6. The molecular weight excluding hydrogens is 446 g/mol. The number of aldehydes is 2. The number of carbonyl (C=O) groups is 4. The SMILES string of the molecule is O=Cc1c(C(=O)O)cccc1-c1ccc2[nH]c3ccc(-c4cccc(C(=O)O)c4C=O)cc3c2c1. The topological polar surface area (TPSA) is 125 Å². The Labute approximate surface area is 198 Å². The minimum absolute atomic E-state index is 0.0708. The van der Waals surface area contributed by atoms with Gasteiger partial charge in [-0.2, -0.15) is 0 Å². The standard InChI is InChI=1S/C28H17NO6/c30-13-23-17(3-1-5-19(23)27(32)33)15-7-9-25-21(11-15)22-12-16(8-10-26(22)29-25)18-4-2-6-20(28(34)35)24(18)14-31/h1-14,29H,(H,32,33)(H,34,35). The van der Waals surface area contributed by atoms with Crippen LogP contribution in [0.2, 0.25) is 0 Å². The van der Waals surface area contributed by atoms with E-state index in [1.165, 1.54) is 12.1 Å². The predicted molar refractivity (Wildman–Crippen MR) is 131 cm³/mol. The molecule has 7 heteroatoms. The molecule has 0 aliphatic carbocycles. The lowest BCUT2D eigenvalue weighted by atomic mass is 9.93. The number of aromatic carboxylic acids is 2. The summed E-state index contributed by atoms with van der Waals surface area (Å²) in [6.45, 7) is 0. The molecule has 5 aromatic rings. The summed E-state index contributed by atoms with van der Waals surface area (Å²) in [7, 11) is 0. The molecule has 0 unspecified atom stereocenters. The van der Waals surface area contributed by atoms with Crippen LogP contribution in [0.1, 0.15) is 41.4 Å². The van der Waals surface area contributed by atoms with Crippen LogP contribution in [0.3, 0.4) is 0 Å². The monoisotopic (exact) mass is 463 g/mol. The van der Waals surface area contributed by atoms with Crippen molar-refractivity contribution in [3.8, 4) is 22.3 Å². The Kier molecular flexibility index (Phi) is 5.22. The fourth-order valence-electron chi connectivity index (χ4n) is 4.49. The molecule has 0 spiro atoms. The summed E-state index contributed by atoms with van der Waals surface area (Å²) in [4.78, 5) is 50.0. The van der Waals surface area contributed by atoms with Crippen LogP contribution in [0, 0.1) is 0 Å². The van der Waals surface area contributed by atoms with Crippen LogP contribution in [0.4, 0.5) is 0 Å². The number of carbonyl (C=O) groups excluding carboxylic acids is 2. The molecule has 35 heavy (non-hydrogen) atoms. The fourth-order valence-corrected chi connectivity index (χ4v) is 4.49. The van der Waals surface area contributed by atoms with Gasteiger partial charge in [-0.3, -0.25) is 9.59 Å². The maximum Gasteiger partial charge on any atom is 0.336 e. The highest BCUT2D eigenvalue weighted by atomic mass is 16.4. The van der Waals surface area contributed by atoms with E-state index < -0.39 is 11.9 Å². The number of H-pyrrole nitrogens is 1. The van der Waals surface area contributed by atoms with E-state index in [1.807, 2.05) is 36.4 Å². The molecule has 0 atom stereocenters. The van der Waals surface area contributed by atoms with Crippen molar-refractivity contribution < 1.29 is 29.4 Å². The highest BCUT2D eigenvalue weighted by Crippen LogP contribution is 2.35. The minimum atomic E-state index is -1.18. The van der Waals surface area contributed by atoms with Crippen LogP contribution in [0.25, 0.3) is 44.1 Å². The van der Waals surface area contributed by atoms with Crippen molar-refractivity contribution in [2.45, 2.75) is 0 Å². The Hall–Kier alpha value is -5.04. The van der Waals surface area contributed by atoms with Gasteiger partial charge in [0.05, 0.1) is 11.1 Å². The van der Waals surface area contributed by atoms with Gasteiger partial charge >= 0.3 is 11.9 Å². The van der Waals surface area contributed by atoms with Gasteiger partial charge in [-0.1, -0.05) is 36.4 Å². The quantitative estimate of drug-likeness (QED) is 0.278. The molecule has 4 aromatic carbocycles. The van der Waals surface area contributed by atoms with Crippen LogP contribution in [-0.4, -0.2) is 39.7 Å². The van der Waals surface area contributed by atoms with Gasteiger partial charge in [0, 0.05) is 32.9 Å². The maximum atomic E-state index is 11.7. The summed E-state index contributed by atoms with van der Waals surface area (Å²) in [5, 5.41) is 20.6. The molecule has 0 amide bonds. The second kappa shape index (κ2) is 8.39. The Morgan fingerprint density at radius 1 is 0.629 bits per heavy atom. The first-order chi connectivity index (χ1) is 16.9. The molecule has 1 heterocycles. The lowest BCUT2D eigenvalue weighted by molar-refractivity contribution is 0.0684. The van der Waals surface area contributed by atoms with E-state index in [1.54, 1.807) is 24.3 Å². The average Bonchev–Trinajstić information content (AvgIpc) is 3.24. The summed E-state index contributed by atoms with van der Waals surface area (Å²) in [6.07, 6.45) is 1.10. The number of carboxylic acid groups (broad SMARTS) is 2. The number of benzene rings is 4. The first kappa shape index (κ1) is 21.8. The number of carboxylic acids is 2. The number of hydrogen-bond acceptors (Lipinski definition) is 4. The Morgan fingerprint density at radius 2 is 1.06 bits per heavy atom. The van der Waals surface area contributed by atoms with Gasteiger partial charge in [0.1, 0.15) is 0 Å². The van der Waals surface area contributed by atoms with Crippen molar-refractivity contribution in [2.75, 3.05) is 0 Å². The summed E-state index contributed by atoms with van der Waals surface area (Å²) >= 11 is 0. The van der Waals surface area contributed by atoms with Gasteiger partial charge in [0.2, 0.25) is 0 Å². The summed E-state index contributed by atoms with van der Waals surface area (Å²) < 4.78 is 0. The van der Waals surface area contributed by atoms with Crippen LogP contribution >= 0.6 is 0 Å². The number of nitrogens with one attached hydrogen (secondary N) is 1. The van der Waals surface area contributed by atoms with Crippen molar-refractivity contribution in [2.24, 2.45) is 0 Å². The molecule has 0 aliphatic rings. The zero-order valence-corrected chi connectivity index (χ0v) is 18.1. The highest BCUT2D eigenvalue weighted by molar-refractivity contribution is 6.11. The highest BCUT2D eigenvalue weighted by Gasteiger charge is 2.17. The summed E-state index contributed by atoms with van der Waals surface area (Å²) in [5.74, 6) is -2.36. The molecule has 3 N–H and O–H groups in total. The van der Waals surface area contributed by atoms with Crippen molar-refractivity contribution in [1.82, 2.24) is 4.98 Å². The number of rotatable bonds is 6. The molecule has 5 rings (SSSR count). The van der Waals surface area contributed by atoms with Gasteiger partial charge in [-0.15, -0.1) is 0 Å². The molecule has 0 aliphatic heterocycles. The Balaban J connectivity index is 1.73. The molecule has 0 bridgehead atoms. The van der Waals surface area contributed by atoms with E-state index in [2.05, 4.69) is 4.98 Å². The van der Waals surface area contributed by atoms with E-state index >= 15 is 0 Å². The molecule has 0 fully saturated rings. The number of fused-ring (bicyclic) bond motifs is 3. The molecule has 0 saturated carbocycles. The van der Waals surface area contributed by atoms with Crippen molar-refractivity contribution >= 4 is 46.3 Å². The Morgan fingerprint density at radius 3 is 1.43 bits per heavy atom. The molecule has 0 radical (unpaired) electrons. The van der Waals surface area contributed by atoms with Crippen molar-refractivity contribution in [3.63, 3.8) is 0 Å². The van der Waals surface area contributed by atoms with Crippen LogP contribution in [0.15, 0.2) is 72.8 Å². The third-order valence-corrected chi connectivity index (χ3v) is 6.13. The molecule has 0 saturated heterocycles. The van der Waals surface area contributed by atoms with E-state index in [-0.39, 0.29) is 22.3 Å². The van der Waals surface area contributed by atoms with Crippen LogP contribution in [-0.2, 0) is 0 Å². The van der Waals surface area contributed by atoms with Crippen molar-refractivity contribution in [3.05, 3.63) is 95.1 Å². The predicted octanol–water partition coefficient (Wildman–Crippen LogP) is 5.68. The lowest BCUT2D eigenvalue weighted by Crippen LogP contribution is -2.03. The Bertz CT molecular complexity index is 1570. The number of aromatic nitrogens is 1. The van der Waals surface area contributed by atoms with Gasteiger partial charge < -0.3 is 15.2 Å².